The Morgan fingerprint density at radius 3 is 2.58 bits per heavy atom. The monoisotopic (exact) mass is 506 g/mol. The molecular weight excluding hydrogens is 484 g/mol. The van der Waals surface area contributed by atoms with Gasteiger partial charge in [0.2, 0.25) is 0 Å². The fraction of sp³-hybridized carbons (Fsp3) is 0.304. The summed E-state index contributed by atoms with van der Waals surface area (Å²) in [5.74, 6) is -1.14. The van der Waals surface area contributed by atoms with E-state index < -0.39 is 17.7 Å². The zero-order valence-electron chi connectivity index (χ0n) is 17.6. The largest absolute Gasteiger partial charge is 0.507 e. The number of carbonyl (C=O) groups is 2. The number of amides is 1. The lowest BCUT2D eigenvalue weighted by Gasteiger charge is -2.26. The molecule has 8 heteroatoms. The van der Waals surface area contributed by atoms with Crippen LogP contribution in [0.1, 0.15) is 23.6 Å². The van der Waals surface area contributed by atoms with Crippen LogP contribution in [0.4, 0.5) is 0 Å². The molecule has 1 heterocycles. The second-order valence-electron chi connectivity index (χ2n) is 7.55. The number of likely N-dealkylation sites (tertiary alicyclic amines) is 1. The summed E-state index contributed by atoms with van der Waals surface area (Å²) in [4.78, 5) is 29.5. The van der Waals surface area contributed by atoms with E-state index in [-0.39, 0.29) is 11.3 Å². The van der Waals surface area contributed by atoms with Gasteiger partial charge >= 0.3 is 0 Å². The third-order valence-electron chi connectivity index (χ3n) is 5.13. The molecule has 1 saturated heterocycles. The number of hydrogen-bond donors (Lipinski definition) is 1. The number of aliphatic hydroxyl groups excluding tert-OH is 1. The van der Waals surface area contributed by atoms with E-state index >= 15 is 0 Å². The number of aliphatic hydroxyl groups is 1. The fourth-order valence-corrected chi connectivity index (χ4v) is 4.33. The van der Waals surface area contributed by atoms with Crippen LogP contribution in [0, 0.1) is 0 Å². The van der Waals surface area contributed by atoms with Crippen LogP contribution >= 0.6 is 27.5 Å². The van der Waals surface area contributed by atoms with Crippen molar-refractivity contribution >= 4 is 45.0 Å². The highest BCUT2D eigenvalue weighted by atomic mass is 79.9. The van der Waals surface area contributed by atoms with Crippen molar-refractivity contribution in [2.45, 2.75) is 12.5 Å². The smallest absolute Gasteiger partial charge is 0.295 e. The highest BCUT2D eigenvalue weighted by Gasteiger charge is 2.45. The van der Waals surface area contributed by atoms with Crippen molar-refractivity contribution in [1.82, 2.24) is 9.80 Å². The van der Waals surface area contributed by atoms with Gasteiger partial charge in [0.1, 0.15) is 11.5 Å². The Labute approximate surface area is 195 Å². The Bertz CT molecular complexity index is 1040. The van der Waals surface area contributed by atoms with Gasteiger partial charge in [-0.2, -0.15) is 0 Å². The minimum Gasteiger partial charge on any atom is -0.507 e. The lowest BCUT2D eigenvalue weighted by molar-refractivity contribution is -0.139. The predicted octanol–water partition coefficient (Wildman–Crippen LogP) is 4.48. The molecule has 2 aromatic rings. The van der Waals surface area contributed by atoms with E-state index in [2.05, 4.69) is 15.9 Å². The first-order valence-corrected chi connectivity index (χ1v) is 10.9. The molecule has 0 radical (unpaired) electrons. The first kappa shape index (κ1) is 23.3. The van der Waals surface area contributed by atoms with Crippen LogP contribution in [-0.2, 0) is 9.59 Å². The van der Waals surface area contributed by atoms with Gasteiger partial charge in [0.15, 0.2) is 0 Å². The number of ketones is 1. The van der Waals surface area contributed by atoms with E-state index in [0.29, 0.717) is 29.3 Å². The molecule has 1 aliphatic rings. The summed E-state index contributed by atoms with van der Waals surface area (Å²) >= 11 is 9.67. The van der Waals surface area contributed by atoms with E-state index in [9.17, 15) is 14.7 Å². The van der Waals surface area contributed by atoms with E-state index in [1.807, 2.05) is 43.3 Å². The van der Waals surface area contributed by atoms with Crippen LogP contribution in [-0.4, -0.2) is 60.9 Å². The van der Waals surface area contributed by atoms with Crippen molar-refractivity contribution in [3.63, 3.8) is 0 Å². The van der Waals surface area contributed by atoms with E-state index in [4.69, 9.17) is 16.3 Å². The number of Topliss-reactive ketones (excluding diaryl/α,β-unsaturated/α-hetero) is 1. The van der Waals surface area contributed by atoms with Gasteiger partial charge in [0.25, 0.3) is 11.7 Å². The first-order chi connectivity index (χ1) is 14.7. The maximum Gasteiger partial charge on any atom is 0.295 e. The Morgan fingerprint density at radius 2 is 1.97 bits per heavy atom. The summed E-state index contributed by atoms with van der Waals surface area (Å²) in [6.45, 7) is 1.16. The molecule has 3 rings (SSSR count). The van der Waals surface area contributed by atoms with E-state index in [0.717, 1.165) is 16.6 Å². The molecule has 0 bridgehead atoms. The number of carbonyl (C=O) groups excluding carboxylic acids is 2. The van der Waals surface area contributed by atoms with Gasteiger partial charge in [0.05, 0.1) is 23.7 Å². The average molecular weight is 508 g/mol. The van der Waals surface area contributed by atoms with Crippen LogP contribution in [0.3, 0.4) is 0 Å². The zero-order chi connectivity index (χ0) is 22.7. The maximum atomic E-state index is 13.0. The van der Waals surface area contributed by atoms with Crippen molar-refractivity contribution in [3.05, 3.63) is 68.7 Å². The Balaban J connectivity index is 2.11. The summed E-state index contributed by atoms with van der Waals surface area (Å²) in [7, 11) is 5.40. The van der Waals surface area contributed by atoms with Gasteiger partial charge < -0.3 is 19.6 Å². The fourth-order valence-electron chi connectivity index (χ4n) is 3.66. The summed E-state index contributed by atoms with van der Waals surface area (Å²) in [6, 6.07) is 11.4. The number of rotatable bonds is 7. The molecule has 0 aromatic heterocycles. The molecular formula is C23H24BrClN2O4. The van der Waals surface area contributed by atoms with Crippen LogP contribution < -0.4 is 4.74 Å². The molecule has 1 fully saturated rings. The van der Waals surface area contributed by atoms with Crippen molar-refractivity contribution in [2.24, 2.45) is 0 Å². The Hall–Kier alpha value is -2.35. The molecule has 0 spiro atoms. The quantitative estimate of drug-likeness (QED) is 0.340. The summed E-state index contributed by atoms with van der Waals surface area (Å²) < 4.78 is 5.98. The van der Waals surface area contributed by atoms with E-state index in [1.54, 1.807) is 12.1 Å². The third-order valence-corrected chi connectivity index (χ3v) is 5.92. The van der Waals surface area contributed by atoms with Gasteiger partial charge in [-0.3, -0.25) is 9.59 Å². The van der Waals surface area contributed by atoms with Crippen LogP contribution in [0.25, 0.3) is 5.76 Å². The molecule has 1 atom stereocenters. The Morgan fingerprint density at radius 1 is 1.23 bits per heavy atom. The second kappa shape index (κ2) is 9.85. The van der Waals surface area contributed by atoms with Gasteiger partial charge in [-0.1, -0.05) is 39.7 Å². The highest BCUT2D eigenvalue weighted by molar-refractivity contribution is 9.10. The molecule has 31 heavy (non-hydrogen) atoms. The zero-order valence-corrected chi connectivity index (χ0v) is 19.9. The number of benzene rings is 2. The lowest BCUT2D eigenvalue weighted by Crippen LogP contribution is -2.32. The first-order valence-electron chi connectivity index (χ1n) is 9.77. The number of ether oxygens (including phenoxy) is 1. The number of methoxy groups -OCH3 is 1. The molecule has 6 nitrogen and oxygen atoms in total. The maximum absolute atomic E-state index is 13.0. The van der Waals surface area contributed by atoms with Crippen LogP contribution in [0.2, 0.25) is 5.02 Å². The van der Waals surface area contributed by atoms with Gasteiger partial charge in [0, 0.05) is 16.6 Å². The van der Waals surface area contributed by atoms with Crippen molar-refractivity contribution in [2.75, 3.05) is 34.3 Å². The third kappa shape index (κ3) is 4.95. The molecule has 0 aliphatic carbocycles. The van der Waals surface area contributed by atoms with Crippen LogP contribution in [0.15, 0.2) is 52.5 Å². The van der Waals surface area contributed by atoms with Crippen molar-refractivity contribution in [1.29, 1.82) is 0 Å². The van der Waals surface area contributed by atoms with Crippen molar-refractivity contribution < 1.29 is 19.4 Å². The molecule has 0 unspecified atom stereocenters. The number of halogens is 2. The van der Waals surface area contributed by atoms with Gasteiger partial charge in [-0.25, -0.2) is 0 Å². The van der Waals surface area contributed by atoms with E-state index in [1.165, 1.54) is 18.1 Å². The van der Waals surface area contributed by atoms with Gasteiger partial charge in [-0.15, -0.1) is 0 Å². The minimum absolute atomic E-state index is 0.0502. The average Bonchev–Trinajstić information content (AvgIpc) is 2.98. The standard InChI is InChI=1S/C23H24BrClN2O4/c1-26(2)10-5-11-27-20(14-6-4-7-16(24)12-14)19(22(29)23(27)30)21(28)15-8-9-18(31-3)17(25)13-15/h4,6-9,12-13,20,28H,5,10-11H2,1-3H3/t20-/m1/s1. The van der Waals surface area contributed by atoms with Gasteiger partial charge in [-0.05, 0) is 63.0 Å². The lowest BCUT2D eigenvalue weighted by atomic mass is 9.95. The Kier molecular flexibility index (Phi) is 7.41. The van der Waals surface area contributed by atoms with Crippen LogP contribution in [0.5, 0.6) is 5.75 Å². The molecule has 1 amide bonds. The second-order valence-corrected chi connectivity index (χ2v) is 8.88. The molecule has 2 aromatic carbocycles. The van der Waals surface area contributed by atoms with Crippen molar-refractivity contribution in [3.8, 4) is 5.75 Å². The molecule has 1 aliphatic heterocycles. The molecule has 1 N–H and O–H groups in total. The SMILES string of the molecule is COc1ccc(C(O)=C2C(=O)C(=O)N(CCCN(C)C)[C@@H]2c2cccc(Br)c2)cc1Cl. The minimum atomic E-state index is -0.709. The topological polar surface area (TPSA) is 70.1 Å². The highest BCUT2D eigenvalue weighted by Crippen LogP contribution is 2.40. The molecule has 0 saturated carbocycles. The normalized spacial score (nSPS) is 18.1. The summed E-state index contributed by atoms with van der Waals surface area (Å²) in [6.07, 6.45) is 0.693. The summed E-state index contributed by atoms with van der Waals surface area (Å²) in [5, 5.41) is 11.4. The molecule has 164 valence electrons. The predicted molar refractivity (Wildman–Crippen MR) is 124 cm³/mol. The number of hydrogen-bond acceptors (Lipinski definition) is 5. The number of nitrogens with zero attached hydrogens (tertiary/aromatic N) is 2. The summed E-state index contributed by atoms with van der Waals surface area (Å²) in [5.41, 5.74) is 1.13.